The fourth-order valence-electron chi connectivity index (χ4n) is 3.97. The van der Waals surface area contributed by atoms with E-state index < -0.39 is 17.0 Å². The zero-order chi connectivity index (χ0) is 23.9. The molecule has 34 heavy (non-hydrogen) atoms. The monoisotopic (exact) mass is 487 g/mol. The Morgan fingerprint density at radius 2 is 1.85 bits per heavy atom. The molecule has 10 heteroatoms. The molecule has 2 aliphatic heterocycles. The second kappa shape index (κ2) is 9.26. The molecule has 0 amide bonds. The maximum atomic E-state index is 13.2. The van der Waals surface area contributed by atoms with Gasteiger partial charge in [0.15, 0.2) is 23.0 Å². The lowest BCUT2D eigenvalue weighted by Crippen LogP contribution is -2.41. The van der Waals surface area contributed by atoms with Crippen molar-refractivity contribution < 1.29 is 28.2 Å². The van der Waals surface area contributed by atoms with Gasteiger partial charge in [-0.3, -0.25) is 9.97 Å². The van der Waals surface area contributed by atoms with Gasteiger partial charge in [0.05, 0.1) is 36.5 Å². The van der Waals surface area contributed by atoms with Crippen LogP contribution in [0.15, 0.2) is 23.5 Å². The third-order valence-corrected chi connectivity index (χ3v) is 7.11. The molecular formula is C24H29N3O6S. The van der Waals surface area contributed by atoms with Crippen molar-refractivity contribution in [3.8, 4) is 17.2 Å². The highest BCUT2D eigenvalue weighted by Crippen LogP contribution is 2.34. The number of ether oxygens (including phenoxy) is 5. The van der Waals surface area contributed by atoms with Crippen molar-refractivity contribution in [1.82, 2.24) is 15.0 Å². The van der Waals surface area contributed by atoms with E-state index in [0.29, 0.717) is 60.9 Å². The Labute approximate surface area is 201 Å². The number of pyridine rings is 1. The Hall–Kier alpha value is -2.53. The van der Waals surface area contributed by atoms with Crippen LogP contribution in [0.5, 0.6) is 17.2 Å². The standard InChI is InChI=1S/C24H29N3O6S/c1-14-9-25-19(15(2)22(14)31-10-16-11-32-24(3,4)33-12-16)13-34(28)23-26-17-7-20-21(8-18(17)27-23)30-6-5-29-20/h7-9,16H,5-6,10-13H2,1-4H3,(H,26,27). The Morgan fingerprint density at radius 3 is 2.59 bits per heavy atom. The van der Waals surface area contributed by atoms with Crippen molar-refractivity contribution in [2.75, 3.05) is 33.0 Å². The van der Waals surface area contributed by atoms with Gasteiger partial charge in [-0.05, 0) is 27.7 Å². The minimum absolute atomic E-state index is 0.145. The van der Waals surface area contributed by atoms with Crippen molar-refractivity contribution >= 4 is 22.2 Å². The van der Waals surface area contributed by atoms with Gasteiger partial charge in [0.1, 0.15) is 19.0 Å². The summed E-state index contributed by atoms with van der Waals surface area (Å²) in [4.78, 5) is 12.2. The van der Waals surface area contributed by atoms with Crippen molar-refractivity contribution in [2.24, 2.45) is 5.92 Å². The summed E-state index contributed by atoms with van der Waals surface area (Å²) in [7, 11) is 0. The summed E-state index contributed by atoms with van der Waals surface area (Å²) < 4.78 is 42.0. The highest BCUT2D eigenvalue weighted by atomic mass is 32.2. The van der Waals surface area contributed by atoms with Gasteiger partial charge in [0.25, 0.3) is 0 Å². The number of fused-ring (bicyclic) bond motifs is 2. The number of rotatable bonds is 6. The van der Waals surface area contributed by atoms with E-state index in [1.165, 1.54) is 0 Å². The lowest BCUT2D eigenvalue weighted by Gasteiger charge is -2.34. The predicted octanol–water partition coefficient (Wildman–Crippen LogP) is 3.43. The smallest absolute Gasteiger partial charge is 0.322 e. The molecule has 0 bridgehead atoms. The van der Waals surface area contributed by atoms with Gasteiger partial charge in [0.2, 0.25) is 0 Å². The lowest BCUT2D eigenvalue weighted by atomic mass is 10.1. The molecular weight excluding hydrogens is 458 g/mol. The molecule has 1 saturated heterocycles. The number of aromatic amines is 1. The van der Waals surface area contributed by atoms with Crippen molar-refractivity contribution in [3.05, 3.63) is 35.2 Å². The number of hydrogen-bond acceptors (Lipinski definition) is 8. The molecule has 1 atom stereocenters. The summed E-state index contributed by atoms with van der Waals surface area (Å²) in [5.41, 5.74) is 3.96. The van der Waals surface area contributed by atoms with Crippen LogP contribution in [0.2, 0.25) is 0 Å². The third-order valence-electron chi connectivity index (χ3n) is 5.95. The molecule has 3 aromatic rings. The van der Waals surface area contributed by atoms with Gasteiger partial charge in [-0.2, -0.15) is 4.98 Å². The number of nitrogens with zero attached hydrogens (tertiary/aromatic N) is 2. The maximum Gasteiger partial charge on any atom is 0.322 e. The van der Waals surface area contributed by atoms with Gasteiger partial charge in [-0.15, -0.1) is 0 Å². The molecule has 2 aromatic heterocycles. The van der Waals surface area contributed by atoms with Crippen molar-refractivity contribution in [1.29, 1.82) is 0 Å². The molecule has 1 unspecified atom stereocenters. The van der Waals surface area contributed by atoms with E-state index in [1.807, 2.05) is 39.8 Å². The number of imidazole rings is 1. The summed E-state index contributed by atoms with van der Waals surface area (Å²) in [6.45, 7) is 10.4. The second-order valence-electron chi connectivity index (χ2n) is 9.09. The molecule has 0 spiro atoms. The molecule has 5 rings (SSSR count). The number of hydrogen-bond donors (Lipinski definition) is 1. The summed E-state index contributed by atoms with van der Waals surface area (Å²) in [6, 6.07) is 3.64. The van der Waals surface area contributed by atoms with Crippen LogP contribution in [0.25, 0.3) is 11.0 Å². The van der Waals surface area contributed by atoms with Crippen LogP contribution in [-0.2, 0) is 26.4 Å². The van der Waals surface area contributed by atoms with E-state index in [1.54, 1.807) is 6.20 Å². The fraction of sp³-hybridized carbons (Fsp3) is 0.500. The van der Waals surface area contributed by atoms with E-state index in [2.05, 4.69) is 15.0 Å². The quantitative estimate of drug-likeness (QED) is 0.527. The van der Waals surface area contributed by atoms with Crippen LogP contribution in [0.4, 0.5) is 0 Å². The van der Waals surface area contributed by atoms with Crippen LogP contribution in [0.3, 0.4) is 0 Å². The molecule has 2 aliphatic rings. The fourth-order valence-corrected chi connectivity index (χ4v) is 5.07. The molecule has 4 heterocycles. The van der Waals surface area contributed by atoms with E-state index in [4.69, 9.17) is 23.7 Å². The minimum Gasteiger partial charge on any atom is -0.609 e. The zero-order valence-electron chi connectivity index (χ0n) is 19.8. The summed E-state index contributed by atoms with van der Waals surface area (Å²) in [6.07, 6.45) is 1.76. The van der Waals surface area contributed by atoms with Gasteiger partial charge >= 0.3 is 5.16 Å². The van der Waals surface area contributed by atoms with E-state index in [-0.39, 0.29) is 11.7 Å². The molecule has 182 valence electrons. The van der Waals surface area contributed by atoms with Gasteiger partial charge in [-0.25, -0.2) is 0 Å². The lowest BCUT2D eigenvalue weighted by molar-refractivity contribution is -0.264. The highest BCUT2D eigenvalue weighted by molar-refractivity contribution is 7.90. The summed E-state index contributed by atoms with van der Waals surface area (Å²) >= 11 is -1.42. The van der Waals surface area contributed by atoms with Gasteiger partial charge in [-0.1, -0.05) is 0 Å². The normalized spacial score (nSPS) is 18.7. The van der Waals surface area contributed by atoms with Crippen LogP contribution in [0, 0.1) is 19.8 Å². The molecule has 0 saturated carbocycles. The predicted molar refractivity (Wildman–Crippen MR) is 126 cm³/mol. The maximum absolute atomic E-state index is 13.2. The van der Waals surface area contributed by atoms with Crippen molar-refractivity contribution in [3.63, 3.8) is 0 Å². The number of aromatic nitrogens is 3. The minimum atomic E-state index is -1.42. The van der Waals surface area contributed by atoms with Crippen LogP contribution in [-0.4, -0.2) is 58.3 Å². The Morgan fingerprint density at radius 1 is 1.15 bits per heavy atom. The molecule has 0 aliphatic carbocycles. The van der Waals surface area contributed by atoms with Crippen LogP contribution >= 0.6 is 0 Å². The largest absolute Gasteiger partial charge is 0.609 e. The number of aryl methyl sites for hydroxylation is 1. The average Bonchev–Trinajstić information content (AvgIpc) is 3.23. The SMILES string of the molecule is Cc1cnc(C[S+]([O-])c2nc3cc4c(cc3[nH]2)OCCO4)c(C)c1OCC1COC(C)(C)OC1. The van der Waals surface area contributed by atoms with E-state index in [9.17, 15) is 4.55 Å². The molecule has 9 nitrogen and oxygen atoms in total. The number of nitrogens with one attached hydrogen (secondary N) is 1. The summed E-state index contributed by atoms with van der Waals surface area (Å²) in [5, 5.41) is 0.390. The molecule has 1 N–H and O–H groups in total. The Bertz CT molecular complexity index is 1140. The number of benzene rings is 1. The average molecular weight is 488 g/mol. The second-order valence-corrected chi connectivity index (χ2v) is 10.5. The third kappa shape index (κ3) is 4.81. The first-order chi connectivity index (χ1) is 16.3. The summed E-state index contributed by atoms with van der Waals surface area (Å²) in [5.74, 6) is 1.89. The Balaban J connectivity index is 1.29. The number of H-pyrrole nitrogens is 1. The highest BCUT2D eigenvalue weighted by Gasteiger charge is 2.29. The molecule has 1 fully saturated rings. The first-order valence-corrected chi connectivity index (χ1v) is 12.6. The van der Waals surface area contributed by atoms with Gasteiger partial charge in [0, 0.05) is 46.6 Å². The topological polar surface area (TPSA) is 111 Å². The molecule has 1 aromatic carbocycles. The van der Waals surface area contributed by atoms with Crippen LogP contribution in [0.1, 0.15) is 30.7 Å². The van der Waals surface area contributed by atoms with Crippen LogP contribution < -0.4 is 14.2 Å². The Kier molecular flexibility index (Phi) is 6.32. The van der Waals surface area contributed by atoms with Gasteiger partial charge < -0.3 is 28.2 Å². The first kappa shape index (κ1) is 23.2. The zero-order valence-corrected chi connectivity index (χ0v) is 20.6. The van der Waals surface area contributed by atoms with E-state index >= 15 is 0 Å². The van der Waals surface area contributed by atoms with Crippen molar-refractivity contribution in [2.45, 2.75) is 44.4 Å². The first-order valence-electron chi connectivity index (χ1n) is 11.3. The van der Waals surface area contributed by atoms with E-state index in [0.717, 1.165) is 22.4 Å². The molecule has 0 radical (unpaired) electrons.